The van der Waals surface area contributed by atoms with Gasteiger partial charge in [-0.3, -0.25) is 0 Å². The van der Waals surface area contributed by atoms with Crippen LogP contribution in [0.1, 0.15) is 25.3 Å². The van der Waals surface area contributed by atoms with Gasteiger partial charge in [-0.1, -0.05) is 43.1 Å². The molecule has 0 nitrogen and oxygen atoms in total. The maximum Gasteiger partial charge on any atom is 0.0633 e. The van der Waals surface area contributed by atoms with E-state index in [1.165, 1.54) is 0 Å². The highest BCUT2D eigenvalue weighted by Crippen LogP contribution is 2.29. The van der Waals surface area contributed by atoms with Crippen LogP contribution in [0.4, 0.5) is 0 Å². The Morgan fingerprint density at radius 3 is 2.45 bits per heavy atom. The van der Waals surface area contributed by atoms with Gasteiger partial charge in [-0.2, -0.15) is 0 Å². The van der Waals surface area contributed by atoms with Gasteiger partial charge in [0.25, 0.3) is 0 Å². The van der Waals surface area contributed by atoms with Crippen LogP contribution in [0, 0.1) is 6.07 Å². The van der Waals surface area contributed by atoms with E-state index in [4.69, 9.17) is 23.2 Å². The molecule has 0 fully saturated rings. The lowest BCUT2D eigenvalue weighted by Crippen LogP contribution is -1.88. The average Bonchev–Trinajstić information content (AvgIpc) is 1.94. The summed E-state index contributed by atoms with van der Waals surface area (Å²) in [5.41, 5.74) is 0.985. The van der Waals surface area contributed by atoms with Gasteiger partial charge in [0, 0.05) is 0 Å². The van der Waals surface area contributed by atoms with Gasteiger partial charge in [-0.15, -0.1) is 0 Å². The lowest BCUT2D eigenvalue weighted by atomic mass is 10.0. The Morgan fingerprint density at radius 2 is 2.00 bits per heavy atom. The molecule has 0 bridgehead atoms. The fraction of sp³-hybridized carbons (Fsp3) is 0.333. The Hall–Kier alpha value is -0.200. The minimum atomic E-state index is 0.376. The third-order valence-corrected chi connectivity index (χ3v) is 2.31. The smallest absolute Gasteiger partial charge is 0.0633 e. The van der Waals surface area contributed by atoms with Crippen molar-refractivity contribution >= 4 is 23.2 Å². The number of halogens is 2. The quantitative estimate of drug-likeness (QED) is 0.626. The molecule has 0 amide bonds. The number of hydrogen-bond acceptors (Lipinski definition) is 0. The zero-order valence-corrected chi connectivity index (χ0v) is 8.00. The average molecular weight is 188 g/mol. The topological polar surface area (TPSA) is 0 Å². The highest BCUT2D eigenvalue weighted by Gasteiger charge is 2.06. The molecule has 1 radical (unpaired) electrons. The van der Waals surface area contributed by atoms with Crippen LogP contribution in [-0.4, -0.2) is 0 Å². The first-order valence-electron chi connectivity index (χ1n) is 3.48. The molecule has 0 aliphatic carbocycles. The number of rotatable bonds is 1. The van der Waals surface area contributed by atoms with E-state index in [1.807, 2.05) is 0 Å². The minimum Gasteiger partial charge on any atom is -0.0827 e. The van der Waals surface area contributed by atoms with Crippen molar-refractivity contribution in [3.05, 3.63) is 33.8 Å². The summed E-state index contributed by atoms with van der Waals surface area (Å²) in [4.78, 5) is 0. The molecule has 0 heterocycles. The summed E-state index contributed by atoms with van der Waals surface area (Å²) in [7, 11) is 0. The standard InChI is InChI=1S/C9H9Cl2/c1-6(2)7-4-3-5-8(10)9(7)11/h3,5-6H,1-2H3. The van der Waals surface area contributed by atoms with Crippen molar-refractivity contribution in [1.82, 2.24) is 0 Å². The predicted octanol–water partition coefficient (Wildman–Crippen LogP) is 3.92. The molecular weight excluding hydrogens is 179 g/mol. The van der Waals surface area contributed by atoms with Crippen LogP contribution in [-0.2, 0) is 0 Å². The lowest BCUT2D eigenvalue weighted by molar-refractivity contribution is 0.865. The van der Waals surface area contributed by atoms with Gasteiger partial charge < -0.3 is 0 Å². The molecule has 0 aromatic heterocycles. The molecule has 0 aliphatic heterocycles. The maximum absolute atomic E-state index is 5.93. The Labute approximate surface area is 77.1 Å². The van der Waals surface area contributed by atoms with Crippen LogP contribution in [0.25, 0.3) is 0 Å². The van der Waals surface area contributed by atoms with E-state index in [2.05, 4.69) is 19.9 Å². The molecule has 0 unspecified atom stereocenters. The minimum absolute atomic E-state index is 0.376. The molecule has 0 saturated carbocycles. The van der Waals surface area contributed by atoms with Gasteiger partial charge in [0.05, 0.1) is 10.0 Å². The first kappa shape index (κ1) is 8.89. The number of hydrogen-bond donors (Lipinski definition) is 0. The summed E-state index contributed by atoms with van der Waals surface area (Å²) in [6.45, 7) is 4.13. The Morgan fingerprint density at radius 1 is 1.36 bits per heavy atom. The Bertz CT molecular complexity index is 254. The van der Waals surface area contributed by atoms with E-state index < -0.39 is 0 Å². The van der Waals surface area contributed by atoms with Crippen molar-refractivity contribution in [3.8, 4) is 0 Å². The fourth-order valence-corrected chi connectivity index (χ4v) is 1.39. The van der Waals surface area contributed by atoms with Crippen molar-refractivity contribution in [1.29, 1.82) is 0 Å². The molecule has 1 rings (SSSR count). The van der Waals surface area contributed by atoms with Crippen LogP contribution >= 0.6 is 23.2 Å². The Kier molecular flexibility index (Phi) is 2.80. The highest BCUT2D eigenvalue weighted by atomic mass is 35.5. The van der Waals surface area contributed by atoms with Crippen molar-refractivity contribution in [2.75, 3.05) is 0 Å². The van der Waals surface area contributed by atoms with Crippen LogP contribution in [0.15, 0.2) is 12.1 Å². The molecule has 0 atom stereocenters. The van der Waals surface area contributed by atoms with Crippen molar-refractivity contribution < 1.29 is 0 Å². The molecule has 0 saturated heterocycles. The summed E-state index contributed by atoms with van der Waals surface area (Å²) < 4.78 is 0. The summed E-state index contributed by atoms with van der Waals surface area (Å²) in [5, 5.41) is 1.23. The van der Waals surface area contributed by atoms with E-state index in [0.717, 1.165) is 5.56 Å². The third kappa shape index (κ3) is 1.88. The highest BCUT2D eigenvalue weighted by molar-refractivity contribution is 6.42. The monoisotopic (exact) mass is 187 g/mol. The zero-order valence-electron chi connectivity index (χ0n) is 6.49. The summed E-state index contributed by atoms with van der Waals surface area (Å²) >= 11 is 11.7. The zero-order chi connectivity index (χ0) is 8.43. The normalized spacial score (nSPS) is 10.6. The third-order valence-electron chi connectivity index (χ3n) is 1.49. The number of benzene rings is 1. The van der Waals surface area contributed by atoms with Crippen LogP contribution in [0.5, 0.6) is 0 Å². The maximum atomic E-state index is 5.93. The second kappa shape index (κ2) is 3.46. The molecule has 0 N–H and O–H groups in total. The van der Waals surface area contributed by atoms with Gasteiger partial charge in [0.2, 0.25) is 0 Å². The summed E-state index contributed by atoms with van der Waals surface area (Å²) in [6, 6.07) is 6.60. The first-order chi connectivity index (χ1) is 5.13. The van der Waals surface area contributed by atoms with Gasteiger partial charge >= 0.3 is 0 Å². The molecule has 2 heteroatoms. The van der Waals surface area contributed by atoms with Crippen molar-refractivity contribution in [3.63, 3.8) is 0 Å². The molecule has 11 heavy (non-hydrogen) atoms. The summed E-state index contributed by atoms with van der Waals surface area (Å²) in [5.74, 6) is 0.376. The largest absolute Gasteiger partial charge is 0.0827 e. The van der Waals surface area contributed by atoms with Gasteiger partial charge in [0.1, 0.15) is 0 Å². The molecule has 59 valence electrons. The molecule has 0 aliphatic rings. The Balaban J connectivity index is 3.17. The molecule has 1 aromatic carbocycles. The van der Waals surface area contributed by atoms with E-state index in [0.29, 0.717) is 16.0 Å². The fourth-order valence-electron chi connectivity index (χ4n) is 0.890. The second-order valence-electron chi connectivity index (χ2n) is 2.71. The van der Waals surface area contributed by atoms with E-state index in [-0.39, 0.29) is 0 Å². The molecule has 0 spiro atoms. The lowest BCUT2D eigenvalue weighted by Gasteiger charge is -2.07. The van der Waals surface area contributed by atoms with Crippen LogP contribution in [0.3, 0.4) is 0 Å². The molecule has 1 aromatic rings. The van der Waals surface area contributed by atoms with E-state index >= 15 is 0 Å². The second-order valence-corrected chi connectivity index (χ2v) is 3.49. The summed E-state index contributed by atoms with van der Waals surface area (Å²) in [6.07, 6.45) is 0. The predicted molar refractivity (Wildman–Crippen MR) is 49.4 cm³/mol. The van der Waals surface area contributed by atoms with Crippen molar-refractivity contribution in [2.45, 2.75) is 19.8 Å². The van der Waals surface area contributed by atoms with E-state index in [1.54, 1.807) is 12.1 Å². The molecular formula is C9H9Cl2. The van der Waals surface area contributed by atoms with Crippen molar-refractivity contribution in [2.24, 2.45) is 0 Å². The van der Waals surface area contributed by atoms with Gasteiger partial charge in [-0.05, 0) is 23.6 Å². The first-order valence-corrected chi connectivity index (χ1v) is 4.24. The van der Waals surface area contributed by atoms with Crippen LogP contribution < -0.4 is 0 Å². The van der Waals surface area contributed by atoms with Crippen LogP contribution in [0.2, 0.25) is 10.0 Å². The van der Waals surface area contributed by atoms with Gasteiger partial charge in [-0.25, -0.2) is 0 Å². The van der Waals surface area contributed by atoms with E-state index in [9.17, 15) is 0 Å². The SMILES string of the molecule is CC(C)c1[c]ccc(Cl)c1Cl. The van der Waals surface area contributed by atoms with Gasteiger partial charge in [0.15, 0.2) is 0 Å².